The predicted molar refractivity (Wildman–Crippen MR) is 90.7 cm³/mol. The Morgan fingerprint density at radius 1 is 1.17 bits per heavy atom. The van der Waals surface area contributed by atoms with Gasteiger partial charge in [0.05, 0.1) is 11.8 Å². The van der Waals surface area contributed by atoms with E-state index in [4.69, 9.17) is 4.74 Å². The van der Waals surface area contributed by atoms with Crippen LogP contribution in [-0.2, 0) is 9.59 Å². The molecule has 1 aliphatic rings. The Bertz CT molecular complexity index is 606. The number of amides is 2. The van der Waals surface area contributed by atoms with Crippen LogP contribution in [0.4, 0.5) is 0 Å². The molecule has 1 aliphatic heterocycles. The van der Waals surface area contributed by atoms with Crippen LogP contribution in [0.2, 0.25) is 0 Å². The molecule has 1 N–H and O–H groups in total. The normalized spacial score (nSPS) is 21.3. The molecule has 5 heteroatoms. The first-order valence-corrected chi connectivity index (χ1v) is 8.40. The second kappa shape index (κ2) is 8.11. The third kappa shape index (κ3) is 4.03. The summed E-state index contributed by atoms with van der Waals surface area (Å²) in [7, 11) is 0. The van der Waals surface area contributed by atoms with Gasteiger partial charge in [-0.15, -0.1) is 0 Å². The van der Waals surface area contributed by atoms with Crippen molar-refractivity contribution in [3.05, 3.63) is 42.0 Å². The van der Waals surface area contributed by atoms with Crippen molar-refractivity contribution >= 4 is 11.8 Å². The quantitative estimate of drug-likeness (QED) is 0.471. The summed E-state index contributed by atoms with van der Waals surface area (Å²) in [6, 6.07) is 7.17. The highest BCUT2D eigenvalue weighted by atomic mass is 16.5. The summed E-state index contributed by atoms with van der Waals surface area (Å²) >= 11 is 0. The number of rotatable bonds is 7. The molecular weight excluding hydrogens is 306 g/mol. The van der Waals surface area contributed by atoms with Gasteiger partial charge in [-0.05, 0) is 36.5 Å². The first-order valence-electron chi connectivity index (χ1n) is 8.40. The molecule has 0 aliphatic carbocycles. The number of imide groups is 1. The summed E-state index contributed by atoms with van der Waals surface area (Å²) in [6.07, 6.45) is 5.51. The second-order valence-electron chi connectivity index (χ2n) is 6.46. The molecule has 2 unspecified atom stereocenters. The van der Waals surface area contributed by atoms with Gasteiger partial charge >= 0.3 is 0 Å². The molecule has 1 saturated heterocycles. The zero-order chi connectivity index (χ0) is 17.7. The molecule has 2 rings (SSSR count). The summed E-state index contributed by atoms with van der Waals surface area (Å²) in [4.78, 5) is 24.4. The van der Waals surface area contributed by atoms with E-state index in [0.717, 1.165) is 12.0 Å². The van der Waals surface area contributed by atoms with Crippen LogP contribution in [-0.4, -0.2) is 28.7 Å². The van der Waals surface area contributed by atoms with Crippen molar-refractivity contribution in [2.75, 3.05) is 6.61 Å². The van der Waals surface area contributed by atoms with Crippen LogP contribution in [0, 0.1) is 11.8 Å². The number of hydrogen-bond donors (Lipinski definition) is 1. The maximum absolute atomic E-state index is 12.3. The lowest BCUT2D eigenvalue weighted by atomic mass is 9.83. The Morgan fingerprint density at radius 3 is 2.42 bits per heavy atom. The van der Waals surface area contributed by atoms with Crippen LogP contribution < -0.4 is 4.74 Å². The molecule has 130 valence electrons. The van der Waals surface area contributed by atoms with E-state index in [1.54, 1.807) is 24.3 Å². The lowest BCUT2D eigenvalue weighted by molar-refractivity contribution is -0.172. The summed E-state index contributed by atoms with van der Waals surface area (Å²) < 4.78 is 5.59. The molecule has 0 spiro atoms. The molecule has 0 bridgehead atoms. The van der Waals surface area contributed by atoms with Crippen molar-refractivity contribution < 1.29 is 19.5 Å². The van der Waals surface area contributed by atoms with Gasteiger partial charge < -0.3 is 4.74 Å². The van der Waals surface area contributed by atoms with E-state index in [0.29, 0.717) is 18.8 Å². The monoisotopic (exact) mass is 331 g/mol. The minimum atomic E-state index is -0.626. The third-order valence-corrected chi connectivity index (χ3v) is 4.12. The smallest absolute Gasteiger partial charge is 0.261 e. The number of nitrogens with zero attached hydrogens (tertiary/aromatic N) is 1. The Labute approximate surface area is 142 Å². The van der Waals surface area contributed by atoms with E-state index in [-0.39, 0.29) is 11.0 Å². The summed E-state index contributed by atoms with van der Waals surface area (Å²) in [6.45, 7) is 6.54. The molecule has 1 heterocycles. The Balaban J connectivity index is 2.14. The van der Waals surface area contributed by atoms with E-state index in [1.165, 1.54) is 0 Å². The molecule has 1 aromatic carbocycles. The van der Waals surface area contributed by atoms with Crippen LogP contribution in [0.5, 0.6) is 5.75 Å². The number of hydrogen-bond acceptors (Lipinski definition) is 4. The minimum Gasteiger partial charge on any atom is -0.490 e. The van der Waals surface area contributed by atoms with Crippen LogP contribution in [0.1, 0.15) is 45.1 Å². The fourth-order valence-electron chi connectivity index (χ4n) is 2.98. The number of ether oxygens (including phenoxy) is 1. The first-order chi connectivity index (χ1) is 11.5. The van der Waals surface area contributed by atoms with E-state index in [2.05, 4.69) is 6.92 Å². The Morgan fingerprint density at radius 2 is 1.83 bits per heavy atom. The van der Waals surface area contributed by atoms with E-state index < -0.39 is 23.7 Å². The van der Waals surface area contributed by atoms with Gasteiger partial charge in [0.15, 0.2) is 0 Å². The highest BCUT2D eigenvalue weighted by Crippen LogP contribution is 2.38. The van der Waals surface area contributed by atoms with Crippen LogP contribution in [0.3, 0.4) is 0 Å². The minimum absolute atomic E-state index is 0.258. The number of carbonyl (C=O) groups is 2. The topological polar surface area (TPSA) is 66.8 Å². The number of benzene rings is 1. The maximum Gasteiger partial charge on any atom is 0.261 e. The summed E-state index contributed by atoms with van der Waals surface area (Å²) in [5.74, 6) is -1.24. The van der Waals surface area contributed by atoms with Crippen LogP contribution in [0.15, 0.2) is 36.4 Å². The van der Waals surface area contributed by atoms with Gasteiger partial charge in [-0.3, -0.25) is 14.8 Å². The molecule has 2 atom stereocenters. The molecule has 0 aromatic heterocycles. The van der Waals surface area contributed by atoms with Crippen molar-refractivity contribution in [3.8, 4) is 5.75 Å². The molecule has 5 nitrogen and oxygen atoms in total. The van der Waals surface area contributed by atoms with E-state index >= 15 is 0 Å². The van der Waals surface area contributed by atoms with Gasteiger partial charge in [-0.2, -0.15) is 5.06 Å². The summed E-state index contributed by atoms with van der Waals surface area (Å²) in [5, 5.41) is 9.98. The molecular formula is C19H25NO4. The number of allylic oxidation sites excluding steroid dienone is 1. The van der Waals surface area contributed by atoms with E-state index in [1.807, 2.05) is 26.0 Å². The van der Waals surface area contributed by atoms with Gasteiger partial charge in [0.25, 0.3) is 11.8 Å². The fourth-order valence-corrected chi connectivity index (χ4v) is 2.98. The number of hydroxylamine groups is 2. The molecule has 0 radical (unpaired) electrons. The Hall–Kier alpha value is -2.14. The van der Waals surface area contributed by atoms with Crippen molar-refractivity contribution in [2.24, 2.45) is 11.8 Å². The maximum atomic E-state index is 12.3. The van der Waals surface area contributed by atoms with Crippen molar-refractivity contribution in [3.63, 3.8) is 0 Å². The summed E-state index contributed by atoms with van der Waals surface area (Å²) in [5.41, 5.74) is 0.729. The molecule has 24 heavy (non-hydrogen) atoms. The Kier molecular flexibility index (Phi) is 6.15. The second-order valence-corrected chi connectivity index (χ2v) is 6.46. The van der Waals surface area contributed by atoms with Gasteiger partial charge in [0.1, 0.15) is 12.4 Å². The highest BCUT2D eigenvalue weighted by Gasteiger charge is 2.48. The zero-order valence-corrected chi connectivity index (χ0v) is 14.4. The predicted octanol–water partition coefficient (Wildman–Crippen LogP) is 3.54. The average molecular weight is 331 g/mol. The molecule has 1 aromatic rings. The third-order valence-electron chi connectivity index (χ3n) is 4.12. The highest BCUT2D eigenvalue weighted by molar-refractivity contribution is 6.06. The SMILES string of the molecule is CCC=CCOc1ccc(C2C(=O)N(O)C(=O)C2CC(C)C)cc1. The molecule has 0 saturated carbocycles. The van der Waals surface area contributed by atoms with E-state index in [9.17, 15) is 14.8 Å². The lowest BCUT2D eigenvalue weighted by Crippen LogP contribution is -2.27. The van der Waals surface area contributed by atoms with Gasteiger partial charge in [-0.1, -0.05) is 45.1 Å². The largest absolute Gasteiger partial charge is 0.490 e. The van der Waals surface area contributed by atoms with Crippen molar-refractivity contribution in [1.29, 1.82) is 0 Å². The van der Waals surface area contributed by atoms with Gasteiger partial charge in [0, 0.05) is 0 Å². The fraction of sp³-hybridized carbons (Fsp3) is 0.474. The standard InChI is InChI=1S/C19H25NO4/c1-4-5-6-11-24-15-9-7-14(8-10-15)17-16(12-13(2)3)18(21)20(23)19(17)22/h5-10,13,16-17,23H,4,11-12H2,1-3H3. The van der Waals surface area contributed by atoms with Crippen molar-refractivity contribution in [2.45, 2.75) is 39.5 Å². The van der Waals surface area contributed by atoms with Crippen molar-refractivity contribution in [1.82, 2.24) is 5.06 Å². The van der Waals surface area contributed by atoms with Gasteiger partial charge in [-0.25, -0.2) is 0 Å². The van der Waals surface area contributed by atoms with Crippen LogP contribution >= 0.6 is 0 Å². The van der Waals surface area contributed by atoms with Crippen LogP contribution in [0.25, 0.3) is 0 Å². The van der Waals surface area contributed by atoms with Gasteiger partial charge in [0.2, 0.25) is 0 Å². The zero-order valence-electron chi connectivity index (χ0n) is 14.4. The average Bonchev–Trinajstić information content (AvgIpc) is 2.76. The molecule has 2 amide bonds. The first kappa shape index (κ1) is 18.2. The number of carbonyl (C=O) groups excluding carboxylic acids is 2. The lowest BCUT2D eigenvalue weighted by Gasteiger charge is -2.17. The molecule has 1 fully saturated rings.